The van der Waals surface area contributed by atoms with Crippen LogP contribution in [0.4, 0.5) is 4.39 Å². The molecule has 0 aliphatic rings. The number of fused-ring (bicyclic) bond motifs is 2. The second-order valence-corrected chi connectivity index (χ2v) is 5.07. The van der Waals surface area contributed by atoms with E-state index in [1.165, 1.54) is 10.6 Å². The molecule has 1 N–H and O–H groups in total. The van der Waals surface area contributed by atoms with Crippen molar-refractivity contribution in [3.63, 3.8) is 0 Å². The van der Waals surface area contributed by atoms with Gasteiger partial charge in [0.15, 0.2) is 0 Å². The average Bonchev–Trinajstić information content (AvgIpc) is 3.09. The zero-order valence-electron chi connectivity index (χ0n) is 12.0. The number of halogens is 1. The highest BCUT2D eigenvalue weighted by Gasteiger charge is 2.14. The number of hydrogen-bond donors (Lipinski definition) is 1. The van der Waals surface area contributed by atoms with Gasteiger partial charge in [-0.15, -0.1) is 5.10 Å². The molecule has 110 valence electrons. The normalized spacial score (nSPS) is 11.4. The number of pyridine rings is 1. The number of nitrogens with zero attached hydrogens (tertiary/aromatic N) is 2. The lowest BCUT2D eigenvalue weighted by molar-refractivity contribution is 0.338. The van der Waals surface area contributed by atoms with Crippen molar-refractivity contribution in [1.82, 2.24) is 14.6 Å². The number of para-hydroxylation sites is 1. The van der Waals surface area contributed by atoms with E-state index in [-0.39, 0.29) is 0 Å². The van der Waals surface area contributed by atoms with Gasteiger partial charge in [0, 0.05) is 34.3 Å². The minimum Gasteiger partial charge on any atom is -0.492 e. The zero-order chi connectivity index (χ0) is 15.1. The van der Waals surface area contributed by atoms with Gasteiger partial charge in [0.25, 0.3) is 0 Å². The van der Waals surface area contributed by atoms with Crippen LogP contribution in [0.3, 0.4) is 0 Å². The van der Waals surface area contributed by atoms with Crippen molar-refractivity contribution < 1.29 is 9.13 Å². The molecule has 0 saturated carbocycles. The lowest BCUT2D eigenvalue weighted by Gasteiger charge is -2.08. The maximum absolute atomic E-state index is 13.6. The molecule has 4 rings (SSSR count). The van der Waals surface area contributed by atoms with Gasteiger partial charge in [-0.2, -0.15) is 4.39 Å². The van der Waals surface area contributed by atoms with E-state index in [1.54, 1.807) is 6.20 Å². The molecule has 3 heterocycles. The molecular formula is C17H14FN3O. The maximum Gasteiger partial charge on any atom is 0.233 e. The minimum absolute atomic E-state index is 0.505. The van der Waals surface area contributed by atoms with Gasteiger partial charge in [-0.1, -0.05) is 18.2 Å². The topological polar surface area (TPSA) is 42.3 Å². The van der Waals surface area contributed by atoms with E-state index < -0.39 is 5.95 Å². The first kappa shape index (κ1) is 12.9. The summed E-state index contributed by atoms with van der Waals surface area (Å²) >= 11 is 0. The highest BCUT2D eigenvalue weighted by atomic mass is 19.1. The van der Waals surface area contributed by atoms with E-state index in [1.807, 2.05) is 43.5 Å². The summed E-state index contributed by atoms with van der Waals surface area (Å²) in [6, 6.07) is 11.4. The zero-order valence-corrected chi connectivity index (χ0v) is 12.0. The summed E-state index contributed by atoms with van der Waals surface area (Å²) in [6.45, 7) is 2.46. The van der Waals surface area contributed by atoms with E-state index in [2.05, 4.69) is 10.1 Å². The summed E-state index contributed by atoms with van der Waals surface area (Å²) in [6.07, 6.45) is 3.63. The van der Waals surface area contributed by atoms with Crippen LogP contribution in [-0.4, -0.2) is 21.2 Å². The Kier molecular flexibility index (Phi) is 2.85. The fourth-order valence-corrected chi connectivity index (χ4v) is 2.79. The molecular weight excluding hydrogens is 281 g/mol. The summed E-state index contributed by atoms with van der Waals surface area (Å²) in [5.74, 6) is 0.160. The molecule has 0 fully saturated rings. The van der Waals surface area contributed by atoms with Crippen molar-refractivity contribution in [3.05, 3.63) is 54.7 Å². The van der Waals surface area contributed by atoms with Crippen LogP contribution in [0.1, 0.15) is 6.92 Å². The molecule has 3 aromatic heterocycles. The average molecular weight is 295 g/mol. The highest BCUT2D eigenvalue weighted by molar-refractivity contribution is 5.99. The number of nitrogens with one attached hydrogen (secondary N) is 1. The fraction of sp³-hybridized carbons (Fsp3) is 0.118. The second kappa shape index (κ2) is 4.87. The molecule has 0 atom stereocenters. The number of rotatable bonds is 3. The molecule has 4 nitrogen and oxygen atoms in total. The van der Waals surface area contributed by atoms with Crippen LogP contribution in [0, 0.1) is 5.95 Å². The molecule has 4 aromatic rings. The highest BCUT2D eigenvalue weighted by Crippen LogP contribution is 2.34. The van der Waals surface area contributed by atoms with Crippen LogP contribution >= 0.6 is 0 Å². The molecule has 22 heavy (non-hydrogen) atoms. The van der Waals surface area contributed by atoms with Crippen LogP contribution in [0.25, 0.3) is 27.5 Å². The molecule has 0 aliphatic carbocycles. The molecule has 0 spiro atoms. The number of H-pyrrole nitrogens is 1. The van der Waals surface area contributed by atoms with Crippen molar-refractivity contribution in [3.8, 4) is 16.9 Å². The van der Waals surface area contributed by atoms with Gasteiger partial charge in [-0.05, 0) is 19.1 Å². The number of aromatic amines is 1. The van der Waals surface area contributed by atoms with Crippen LogP contribution in [0.15, 0.2) is 48.8 Å². The summed E-state index contributed by atoms with van der Waals surface area (Å²) in [5, 5.41) is 4.95. The Hall–Kier alpha value is -2.82. The first-order valence-corrected chi connectivity index (χ1v) is 7.14. The first-order chi connectivity index (χ1) is 10.8. The van der Waals surface area contributed by atoms with E-state index in [4.69, 9.17) is 4.74 Å². The number of aromatic nitrogens is 3. The Morgan fingerprint density at radius 2 is 2.09 bits per heavy atom. The van der Waals surface area contributed by atoms with Crippen LogP contribution < -0.4 is 4.74 Å². The van der Waals surface area contributed by atoms with Gasteiger partial charge >= 0.3 is 0 Å². The molecule has 0 radical (unpaired) electrons. The molecule has 0 unspecified atom stereocenters. The van der Waals surface area contributed by atoms with Crippen LogP contribution in [0.5, 0.6) is 5.75 Å². The fourth-order valence-electron chi connectivity index (χ4n) is 2.79. The van der Waals surface area contributed by atoms with Gasteiger partial charge in [-0.3, -0.25) is 0 Å². The number of hydrogen-bond acceptors (Lipinski definition) is 2. The smallest absolute Gasteiger partial charge is 0.233 e. The van der Waals surface area contributed by atoms with Crippen molar-refractivity contribution in [1.29, 1.82) is 0 Å². The molecule has 0 aliphatic heterocycles. The van der Waals surface area contributed by atoms with E-state index in [0.29, 0.717) is 17.9 Å². The molecule has 0 bridgehead atoms. The number of ether oxygens (including phenoxy) is 1. The van der Waals surface area contributed by atoms with Crippen molar-refractivity contribution >= 4 is 16.4 Å². The van der Waals surface area contributed by atoms with E-state index >= 15 is 0 Å². The van der Waals surface area contributed by atoms with E-state index in [9.17, 15) is 4.39 Å². The Balaban J connectivity index is 2.03. The number of benzene rings is 1. The molecule has 1 aromatic carbocycles. The van der Waals surface area contributed by atoms with Gasteiger partial charge in [0.1, 0.15) is 5.75 Å². The lowest BCUT2D eigenvalue weighted by Crippen LogP contribution is -1.96. The van der Waals surface area contributed by atoms with Gasteiger partial charge < -0.3 is 9.72 Å². The molecule has 0 amide bonds. The van der Waals surface area contributed by atoms with Gasteiger partial charge in [0.05, 0.1) is 18.3 Å². The first-order valence-electron chi connectivity index (χ1n) is 7.14. The predicted octanol–water partition coefficient (Wildman–Crippen LogP) is 4.02. The van der Waals surface area contributed by atoms with Gasteiger partial charge in [-0.25, -0.2) is 4.52 Å². The van der Waals surface area contributed by atoms with Crippen molar-refractivity contribution in [2.45, 2.75) is 6.92 Å². The Bertz CT molecular complexity index is 971. The quantitative estimate of drug-likeness (QED) is 0.620. The van der Waals surface area contributed by atoms with Crippen LogP contribution in [-0.2, 0) is 0 Å². The second-order valence-electron chi connectivity index (χ2n) is 5.07. The maximum atomic E-state index is 13.6. The monoisotopic (exact) mass is 295 g/mol. The Labute approximate surface area is 126 Å². The Morgan fingerprint density at radius 1 is 1.23 bits per heavy atom. The van der Waals surface area contributed by atoms with E-state index in [0.717, 1.165) is 22.0 Å². The molecule has 5 heteroatoms. The minimum atomic E-state index is -0.505. The standard InChI is InChI=1S/C17H14FN3O/c1-2-22-11-7-13(16-8-17(18)20-21(16)10-11)14-9-19-15-6-4-3-5-12(14)15/h3-10,19H,2H2,1H3. The largest absolute Gasteiger partial charge is 0.492 e. The van der Waals surface area contributed by atoms with Crippen molar-refractivity contribution in [2.24, 2.45) is 0 Å². The summed E-state index contributed by atoms with van der Waals surface area (Å²) < 4.78 is 20.7. The predicted molar refractivity (Wildman–Crippen MR) is 83.6 cm³/mol. The van der Waals surface area contributed by atoms with Crippen LogP contribution in [0.2, 0.25) is 0 Å². The SMILES string of the molecule is CCOc1cc(-c2c[nH]c3ccccc23)c2cc(F)nn2c1. The lowest BCUT2D eigenvalue weighted by atomic mass is 10.0. The Morgan fingerprint density at radius 3 is 2.95 bits per heavy atom. The summed E-state index contributed by atoms with van der Waals surface area (Å²) in [7, 11) is 0. The summed E-state index contributed by atoms with van der Waals surface area (Å²) in [4.78, 5) is 3.25. The van der Waals surface area contributed by atoms with Gasteiger partial charge in [0.2, 0.25) is 5.95 Å². The third-order valence-corrected chi connectivity index (χ3v) is 3.71. The van der Waals surface area contributed by atoms with Crippen molar-refractivity contribution in [2.75, 3.05) is 6.61 Å². The molecule has 0 saturated heterocycles. The summed E-state index contributed by atoms with van der Waals surface area (Å²) in [5.41, 5.74) is 3.64. The third-order valence-electron chi connectivity index (χ3n) is 3.71. The third kappa shape index (κ3) is 1.94.